The molecule has 0 radical (unpaired) electrons. The number of hydrogen-bond acceptors (Lipinski definition) is 5. The Hall–Kier alpha value is -2.05. The van der Waals surface area contributed by atoms with Gasteiger partial charge in [0.2, 0.25) is 0 Å². The van der Waals surface area contributed by atoms with Crippen LogP contribution in [0.3, 0.4) is 0 Å². The summed E-state index contributed by atoms with van der Waals surface area (Å²) in [6, 6.07) is 9.67. The van der Waals surface area contributed by atoms with E-state index in [2.05, 4.69) is 15.3 Å². The lowest BCUT2D eigenvalue weighted by Crippen LogP contribution is -2.25. The van der Waals surface area contributed by atoms with Gasteiger partial charge in [-0.05, 0) is 37.4 Å². The average Bonchev–Trinajstić information content (AvgIpc) is 3.17. The normalized spacial score (nSPS) is 12.1. The average molecular weight is 329 g/mol. The van der Waals surface area contributed by atoms with E-state index >= 15 is 0 Å². The summed E-state index contributed by atoms with van der Waals surface area (Å²) in [6.45, 7) is 3.84. The molecule has 0 aromatic carbocycles. The van der Waals surface area contributed by atoms with Gasteiger partial charge in [0.15, 0.2) is 0 Å². The van der Waals surface area contributed by atoms with Crippen LogP contribution in [0.1, 0.15) is 33.2 Å². The highest BCUT2D eigenvalue weighted by Crippen LogP contribution is 2.27. The van der Waals surface area contributed by atoms with Crippen LogP contribution >= 0.6 is 22.7 Å². The van der Waals surface area contributed by atoms with Gasteiger partial charge in [0.25, 0.3) is 5.91 Å². The number of rotatable bonds is 4. The zero-order chi connectivity index (χ0) is 15.5. The summed E-state index contributed by atoms with van der Waals surface area (Å²) in [5, 5.41) is 5.81. The fourth-order valence-corrected chi connectivity index (χ4v) is 3.76. The van der Waals surface area contributed by atoms with E-state index in [4.69, 9.17) is 0 Å². The molecule has 0 aliphatic heterocycles. The Balaban J connectivity index is 1.80. The second-order valence-electron chi connectivity index (χ2n) is 4.86. The zero-order valence-corrected chi connectivity index (χ0v) is 13.9. The van der Waals surface area contributed by atoms with Crippen LogP contribution in [-0.4, -0.2) is 15.9 Å². The van der Waals surface area contributed by atoms with Crippen LogP contribution in [0.2, 0.25) is 0 Å². The van der Waals surface area contributed by atoms with Crippen LogP contribution in [0.4, 0.5) is 0 Å². The van der Waals surface area contributed by atoms with Crippen molar-refractivity contribution in [2.24, 2.45) is 0 Å². The van der Waals surface area contributed by atoms with Gasteiger partial charge in [0.1, 0.15) is 9.88 Å². The Morgan fingerprint density at radius 2 is 2.14 bits per heavy atom. The Bertz CT molecular complexity index is 766. The lowest BCUT2D eigenvalue weighted by atomic mass is 10.2. The van der Waals surface area contributed by atoms with E-state index in [1.54, 1.807) is 17.5 Å². The summed E-state index contributed by atoms with van der Waals surface area (Å²) in [5.74, 6) is -0.0851. The van der Waals surface area contributed by atoms with Crippen molar-refractivity contribution < 1.29 is 4.79 Å². The molecule has 3 aromatic heterocycles. The van der Waals surface area contributed by atoms with Gasteiger partial charge in [-0.3, -0.25) is 9.78 Å². The van der Waals surface area contributed by atoms with Crippen LogP contribution in [-0.2, 0) is 0 Å². The molecule has 0 aliphatic rings. The fraction of sp³-hybridized carbons (Fsp3) is 0.188. The van der Waals surface area contributed by atoms with Crippen molar-refractivity contribution in [1.82, 2.24) is 15.3 Å². The highest BCUT2D eigenvalue weighted by Gasteiger charge is 2.19. The van der Waals surface area contributed by atoms with Crippen LogP contribution in [0.5, 0.6) is 0 Å². The Morgan fingerprint density at radius 3 is 2.82 bits per heavy atom. The van der Waals surface area contributed by atoms with Crippen LogP contribution in [0.15, 0.2) is 41.9 Å². The molecule has 0 spiro atoms. The summed E-state index contributed by atoms with van der Waals surface area (Å²) >= 11 is 3.02. The molecule has 0 fully saturated rings. The third-order valence-electron chi connectivity index (χ3n) is 3.20. The SMILES string of the molecule is Cc1nc(-c2ccccn2)sc1C(=O)NC(C)c1cccs1. The molecule has 0 saturated heterocycles. The maximum atomic E-state index is 12.5. The number of carbonyl (C=O) groups is 1. The standard InChI is InChI=1S/C16H15N3OS2/c1-10(13-7-5-9-21-13)18-15(20)14-11(2)19-16(22-14)12-6-3-4-8-17-12/h3-10H,1-2H3,(H,18,20). The van der Waals surface area contributed by atoms with Gasteiger partial charge in [0, 0.05) is 11.1 Å². The quantitative estimate of drug-likeness (QED) is 0.785. The molecule has 4 nitrogen and oxygen atoms in total. The third kappa shape index (κ3) is 3.08. The molecule has 112 valence electrons. The van der Waals surface area contributed by atoms with Gasteiger partial charge in [-0.2, -0.15) is 0 Å². The van der Waals surface area contributed by atoms with Gasteiger partial charge in [0.05, 0.1) is 17.4 Å². The number of pyridine rings is 1. The Morgan fingerprint density at radius 1 is 1.27 bits per heavy atom. The number of thiophene rings is 1. The minimum atomic E-state index is -0.0851. The summed E-state index contributed by atoms with van der Waals surface area (Å²) in [6.07, 6.45) is 1.73. The molecule has 0 bridgehead atoms. The molecule has 1 atom stereocenters. The number of amides is 1. The predicted octanol–water partition coefficient (Wildman–Crippen LogP) is 4.07. The van der Waals surface area contributed by atoms with Crippen molar-refractivity contribution in [2.75, 3.05) is 0 Å². The van der Waals surface area contributed by atoms with Crippen molar-refractivity contribution in [2.45, 2.75) is 19.9 Å². The van der Waals surface area contributed by atoms with E-state index in [1.165, 1.54) is 11.3 Å². The van der Waals surface area contributed by atoms with Crippen LogP contribution < -0.4 is 5.32 Å². The summed E-state index contributed by atoms with van der Waals surface area (Å²) in [5.41, 5.74) is 1.53. The minimum absolute atomic E-state index is 0.00713. The second-order valence-corrected chi connectivity index (χ2v) is 6.84. The highest BCUT2D eigenvalue weighted by molar-refractivity contribution is 7.17. The molecule has 1 unspecified atom stereocenters. The van der Waals surface area contributed by atoms with Gasteiger partial charge in [-0.25, -0.2) is 4.98 Å². The first-order valence-electron chi connectivity index (χ1n) is 6.88. The molecule has 1 amide bonds. The van der Waals surface area contributed by atoms with E-state index in [0.717, 1.165) is 21.3 Å². The lowest BCUT2D eigenvalue weighted by molar-refractivity contribution is 0.0944. The second kappa shape index (κ2) is 6.37. The number of thiazole rings is 1. The molecule has 22 heavy (non-hydrogen) atoms. The van der Waals surface area contributed by atoms with Gasteiger partial charge in [-0.1, -0.05) is 12.1 Å². The molecule has 0 saturated carbocycles. The van der Waals surface area contributed by atoms with Gasteiger partial charge in [-0.15, -0.1) is 22.7 Å². The number of nitrogens with zero attached hydrogens (tertiary/aromatic N) is 2. The molecule has 3 heterocycles. The van der Waals surface area contributed by atoms with Crippen molar-refractivity contribution in [3.8, 4) is 10.7 Å². The van der Waals surface area contributed by atoms with E-state index in [-0.39, 0.29) is 11.9 Å². The van der Waals surface area contributed by atoms with Crippen molar-refractivity contribution in [3.05, 3.63) is 57.4 Å². The molecular weight excluding hydrogens is 314 g/mol. The molecule has 3 aromatic rings. The summed E-state index contributed by atoms with van der Waals surface area (Å²) < 4.78 is 0. The third-order valence-corrected chi connectivity index (χ3v) is 5.44. The number of aromatic nitrogens is 2. The number of nitrogens with one attached hydrogen (secondary N) is 1. The number of aryl methyl sites for hydroxylation is 1. The predicted molar refractivity (Wildman–Crippen MR) is 90.3 cm³/mol. The van der Waals surface area contributed by atoms with Gasteiger partial charge >= 0.3 is 0 Å². The summed E-state index contributed by atoms with van der Waals surface area (Å²) in [4.78, 5) is 23.0. The Kier molecular flexibility index (Phi) is 4.31. The van der Waals surface area contributed by atoms with E-state index < -0.39 is 0 Å². The minimum Gasteiger partial charge on any atom is -0.344 e. The molecule has 6 heteroatoms. The molecule has 3 rings (SSSR count). The van der Waals surface area contributed by atoms with Crippen LogP contribution in [0.25, 0.3) is 10.7 Å². The van der Waals surface area contributed by atoms with Crippen molar-refractivity contribution in [3.63, 3.8) is 0 Å². The Labute approximate surface area is 136 Å². The first-order valence-corrected chi connectivity index (χ1v) is 8.58. The molecular formula is C16H15N3OS2. The van der Waals surface area contributed by atoms with Gasteiger partial charge < -0.3 is 5.32 Å². The topological polar surface area (TPSA) is 54.9 Å². The first kappa shape index (κ1) is 14.9. The van der Waals surface area contributed by atoms with E-state index in [1.807, 2.05) is 49.6 Å². The maximum absolute atomic E-state index is 12.5. The fourth-order valence-electron chi connectivity index (χ4n) is 2.08. The van der Waals surface area contributed by atoms with Crippen molar-refractivity contribution in [1.29, 1.82) is 0 Å². The molecule has 0 aliphatic carbocycles. The highest BCUT2D eigenvalue weighted by atomic mass is 32.1. The summed E-state index contributed by atoms with van der Waals surface area (Å²) in [7, 11) is 0. The monoisotopic (exact) mass is 329 g/mol. The first-order chi connectivity index (χ1) is 10.6. The van der Waals surface area contributed by atoms with E-state index in [0.29, 0.717) is 4.88 Å². The number of carbonyl (C=O) groups excluding carboxylic acids is 1. The largest absolute Gasteiger partial charge is 0.344 e. The number of hydrogen-bond donors (Lipinski definition) is 1. The lowest BCUT2D eigenvalue weighted by Gasteiger charge is -2.11. The van der Waals surface area contributed by atoms with Crippen molar-refractivity contribution >= 4 is 28.6 Å². The molecule has 1 N–H and O–H groups in total. The zero-order valence-electron chi connectivity index (χ0n) is 12.2. The van der Waals surface area contributed by atoms with Crippen LogP contribution in [0, 0.1) is 6.92 Å². The smallest absolute Gasteiger partial charge is 0.263 e. The maximum Gasteiger partial charge on any atom is 0.263 e. The van der Waals surface area contributed by atoms with E-state index in [9.17, 15) is 4.79 Å².